The molecule has 14 heavy (non-hydrogen) atoms. The highest BCUT2D eigenvalue weighted by molar-refractivity contribution is 7.13. The highest BCUT2D eigenvalue weighted by Crippen LogP contribution is 2.30. The number of fused-ring (bicyclic) bond motifs is 1. The summed E-state index contributed by atoms with van der Waals surface area (Å²) >= 11 is 1.55. The van der Waals surface area contributed by atoms with Crippen LogP contribution in [-0.4, -0.2) is 23.5 Å². The molecule has 2 heterocycles. The van der Waals surface area contributed by atoms with Gasteiger partial charge in [-0.1, -0.05) is 6.07 Å². The lowest BCUT2D eigenvalue weighted by Crippen LogP contribution is -2.55. The van der Waals surface area contributed by atoms with Crippen LogP contribution in [0, 0.1) is 0 Å². The van der Waals surface area contributed by atoms with Gasteiger partial charge >= 0.3 is 0 Å². The molecule has 0 unspecified atom stereocenters. The summed E-state index contributed by atoms with van der Waals surface area (Å²) < 4.78 is 5.46. The number of nitrogens with two attached hydrogens (primary N) is 1. The van der Waals surface area contributed by atoms with Gasteiger partial charge in [0.05, 0.1) is 10.9 Å². The summed E-state index contributed by atoms with van der Waals surface area (Å²) in [4.78, 5) is 2.31. The zero-order valence-corrected chi connectivity index (χ0v) is 8.50. The van der Waals surface area contributed by atoms with E-state index in [9.17, 15) is 0 Å². The van der Waals surface area contributed by atoms with Crippen molar-refractivity contribution in [3.05, 3.63) is 24.4 Å². The molecule has 4 heteroatoms. The van der Waals surface area contributed by atoms with Gasteiger partial charge in [0, 0.05) is 30.2 Å². The van der Waals surface area contributed by atoms with Crippen LogP contribution in [0.25, 0.3) is 10.1 Å². The maximum absolute atomic E-state index is 5.77. The minimum Gasteiger partial charge on any atom is -0.368 e. The van der Waals surface area contributed by atoms with Crippen molar-refractivity contribution in [1.29, 1.82) is 0 Å². The van der Waals surface area contributed by atoms with Crippen molar-refractivity contribution in [1.82, 2.24) is 4.37 Å². The van der Waals surface area contributed by atoms with Crippen LogP contribution in [0.5, 0.6) is 0 Å². The van der Waals surface area contributed by atoms with Crippen molar-refractivity contribution >= 4 is 27.3 Å². The molecule has 0 saturated carbocycles. The van der Waals surface area contributed by atoms with E-state index in [1.165, 1.54) is 15.8 Å². The second kappa shape index (κ2) is 2.93. The van der Waals surface area contributed by atoms with Gasteiger partial charge in [0.2, 0.25) is 0 Å². The molecule has 3 rings (SSSR count). The third-order valence-electron chi connectivity index (χ3n) is 2.63. The van der Waals surface area contributed by atoms with Crippen molar-refractivity contribution in [2.24, 2.45) is 5.73 Å². The Bertz CT molecular complexity index is 459. The topological polar surface area (TPSA) is 42.1 Å². The number of rotatable bonds is 1. The Morgan fingerprint density at radius 1 is 1.43 bits per heavy atom. The molecule has 1 aromatic carbocycles. The fourth-order valence-corrected chi connectivity index (χ4v) is 2.53. The molecule has 0 bridgehead atoms. The van der Waals surface area contributed by atoms with Crippen molar-refractivity contribution in [3.63, 3.8) is 0 Å². The van der Waals surface area contributed by atoms with Gasteiger partial charge in [-0.2, -0.15) is 4.37 Å². The van der Waals surface area contributed by atoms with E-state index in [1.54, 1.807) is 11.5 Å². The van der Waals surface area contributed by atoms with Crippen LogP contribution < -0.4 is 10.6 Å². The molecular formula is C10H11N3S. The third kappa shape index (κ3) is 1.11. The Hall–Kier alpha value is -1.13. The van der Waals surface area contributed by atoms with Gasteiger partial charge in [0.15, 0.2) is 0 Å². The average molecular weight is 205 g/mol. The Morgan fingerprint density at radius 2 is 2.29 bits per heavy atom. The molecule has 0 amide bonds. The van der Waals surface area contributed by atoms with Crippen LogP contribution in [0.15, 0.2) is 24.4 Å². The number of anilines is 1. The molecular weight excluding hydrogens is 194 g/mol. The quantitative estimate of drug-likeness (QED) is 0.766. The van der Waals surface area contributed by atoms with E-state index < -0.39 is 0 Å². The van der Waals surface area contributed by atoms with Gasteiger partial charge in [0.1, 0.15) is 0 Å². The summed E-state index contributed by atoms with van der Waals surface area (Å²) in [6.07, 6.45) is 1.94. The van der Waals surface area contributed by atoms with Crippen LogP contribution in [0.4, 0.5) is 5.69 Å². The predicted molar refractivity (Wildman–Crippen MR) is 59.8 cm³/mol. The van der Waals surface area contributed by atoms with Crippen LogP contribution >= 0.6 is 11.5 Å². The Morgan fingerprint density at radius 3 is 3.07 bits per heavy atom. The van der Waals surface area contributed by atoms with Crippen LogP contribution in [-0.2, 0) is 0 Å². The lowest BCUT2D eigenvalue weighted by molar-refractivity contribution is 0.521. The Labute approximate surface area is 86.3 Å². The second-order valence-electron chi connectivity index (χ2n) is 3.68. The van der Waals surface area contributed by atoms with Gasteiger partial charge in [-0.05, 0) is 23.7 Å². The number of hydrogen-bond acceptors (Lipinski definition) is 4. The molecule has 0 spiro atoms. The first kappa shape index (κ1) is 8.20. The first-order valence-electron chi connectivity index (χ1n) is 4.68. The summed E-state index contributed by atoms with van der Waals surface area (Å²) in [6.45, 7) is 1.93. The molecule has 1 aromatic heterocycles. The molecule has 0 radical (unpaired) electrons. The molecule has 1 aliphatic rings. The smallest absolute Gasteiger partial charge is 0.0570 e. The zero-order valence-electron chi connectivity index (χ0n) is 7.68. The first-order chi connectivity index (χ1) is 6.84. The van der Waals surface area contributed by atoms with Gasteiger partial charge in [-0.3, -0.25) is 0 Å². The second-order valence-corrected chi connectivity index (χ2v) is 4.51. The molecule has 0 atom stereocenters. The van der Waals surface area contributed by atoms with Crippen LogP contribution in [0.3, 0.4) is 0 Å². The lowest BCUT2D eigenvalue weighted by atomic mass is 10.1. The highest BCUT2D eigenvalue weighted by Gasteiger charge is 2.24. The highest BCUT2D eigenvalue weighted by atomic mass is 32.1. The van der Waals surface area contributed by atoms with E-state index in [1.807, 2.05) is 6.20 Å². The van der Waals surface area contributed by atoms with Crippen LogP contribution in [0.2, 0.25) is 0 Å². The van der Waals surface area contributed by atoms with E-state index in [0.29, 0.717) is 6.04 Å². The zero-order chi connectivity index (χ0) is 9.54. The molecule has 1 fully saturated rings. The molecule has 72 valence electrons. The van der Waals surface area contributed by atoms with Gasteiger partial charge in [0.25, 0.3) is 0 Å². The van der Waals surface area contributed by atoms with Gasteiger partial charge in [-0.25, -0.2) is 0 Å². The minimum absolute atomic E-state index is 0.344. The Kier molecular flexibility index (Phi) is 1.72. The van der Waals surface area contributed by atoms with Crippen molar-refractivity contribution in [3.8, 4) is 0 Å². The van der Waals surface area contributed by atoms with E-state index in [4.69, 9.17) is 5.73 Å². The SMILES string of the molecule is NC1CN(c2cccc3sncc23)C1. The van der Waals surface area contributed by atoms with Crippen molar-refractivity contribution in [2.75, 3.05) is 18.0 Å². The number of nitrogens with zero attached hydrogens (tertiary/aromatic N) is 2. The fourth-order valence-electron chi connectivity index (χ4n) is 1.86. The summed E-state index contributed by atoms with van der Waals surface area (Å²) in [5, 5.41) is 1.25. The number of hydrogen-bond donors (Lipinski definition) is 1. The summed E-state index contributed by atoms with van der Waals surface area (Å²) in [5.41, 5.74) is 7.05. The monoisotopic (exact) mass is 205 g/mol. The largest absolute Gasteiger partial charge is 0.368 e. The summed E-state index contributed by atoms with van der Waals surface area (Å²) in [7, 11) is 0. The van der Waals surface area contributed by atoms with Gasteiger partial charge < -0.3 is 10.6 Å². The molecule has 1 saturated heterocycles. The lowest BCUT2D eigenvalue weighted by Gasteiger charge is -2.39. The maximum Gasteiger partial charge on any atom is 0.0570 e. The molecule has 3 nitrogen and oxygen atoms in total. The summed E-state index contributed by atoms with van der Waals surface area (Å²) in [5.74, 6) is 0. The first-order valence-corrected chi connectivity index (χ1v) is 5.46. The van der Waals surface area contributed by atoms with E-state index in [2.05, 4.69) is 27.5 Å². The van der Waals surface area contributed by atoms with Crippen molar-refractivity contribution < 1.29 is 0 Å². The maximum atomic E-state index is 5.77. The summed E-state index contributed by atoms with van der Waals surface area (Å²) in [6, 6.07) is 6.68. The molecule has 0 aliphatic carbocycles. The van der Waals surface area contributed by atoms with Crippen LogP contribution in [0.1, 0.15) is 0 Å². The predicted octanol–water partition coefficient (Wildman–Crippen LogP) is 1.44. The van der Waals surface area contributed by atoms with E-state index >= 15 is 0 Å². The Balaban J connectivity index is 2.07. The fraction of sp³-hybridized carbons (Fsp3) is 0.300. The standard InChI is InChI=1S/C10H11N3S/c11-7-5-13(6-7)9-2-1-3-10-8(9)4-12-14-10/h1-4,7H,5-6,11H2. The third-order valence-corrected chi connectivity index (χ3v) is 3.39. The minimum atomic E-state index is 0.344. The average Bonchev–Trinajstić information content (AvgIpc) is 2.60. The van der Waals surface area contributed by atoms with E-state index in [-0.39, 0.29) is 0 Å². The van der Waals surface area contributed by atoms with Crippen molar-refractivity contribution in [2.45, 2.75) is 6.04 Å². The normalized spacial score (nSPS) is 17.4. The molecule has 2 aromatic rings. The number of aromatic nitrogens is 1. The van der Waals surface area contributed by atoms with E-state index in [0.717, 1.165) is 13.1 Å². The molecule has 1 aliphatic heterocycles. The molecule has 2 N–H and O–H groups in total. The van der Waals surface area contributed by atoms with Gasteiger partial charge in [-0.15, -0.1) is 0 Å². The number of benzene rings is 1.